The molecule has 0 aromatic heterocycles. The number of ether oxygens (including phenoxy) is 1. The number of carbonyl (C=O) groups is 1. The highest BCUT2D eigenvalue weighted by atomic mass is 32.3. The second kappa shape index (κ2) is 4.88. The molecule has 0 amide bonds. The van der Waals surface area contributed by atoms with E-state index in [2.05, 4.69) is 0 Å². The number of anilines is 1. The van der Waals surface area contributed by atoms with Crippen LogP contribution in [-0.2, 0) is 31.3 Å². The number of sulfonamides is 2. The van der Waals surface area contributed by atoms with Crippen LogP contribution in [0.15, 0.2) is 18.2 Å². The number of nitrogens with zero attached hydrogens (tertiary/aromatic N) is 1. The molecule has 1 aliphatic heterocycles. The standard InChI is InChI=1S/C11H13NO7S2/c1-20(15,16)12(21(2,17)18)8-5-3-4-7-6-9(11(13)14)19-10(7)8/h3-5,9H,6H2,1-2H3,(H,13,14). The minimum absolute atomic E-state index is 0.0410. The van der Waals surface area contributed by atoms with Crippen LogP contribution < -0.4 is 8.45 Å². The number of benzene rings is 1. The van der Waals surface area contributed by atoms with Crippen molar-refractivity contribution in [2.45, 2.75) is 12.5 Å². The van der Waals surface area contributed by atoms with Gasteiger partial charge in [-0.05, 0) is 6.07 Å². The number of hydrogen-bond donors (Lipinski definition) is 1. The number of rotatable bonds is 4. The van der Waals surface area contributed by atoms with E-state index in [4.69, 9.17) is 9.84 Å². The molecule has 2 rings (SSSR count). The maximum atomic E-state index is 11.8. The molecule has 0 saturated heterocycles. The Hall–Kier alpha value is -1.81. The molecule has 1 N–H and O–H groups in total. The predicted molar refractivity (Wildman–Crippen MR) is 74.4 cm³/mol. The Morgan fingerprint density at radius 2 is 1.81 bits per heavy atom. The largest absolute Gasteiger partial charge is 0.478 e. The summed E-state index contributed by atoms with van der Waals surface area (Å²) >= 11 is 0. The van der Waals surface area contributed by atoms with Crippen LogP contribution in [0.1, 0.15) is 5.56 Å². The van der Waals surface area contributed by atoms with E-state index in [0.717, 1.165) is 12.5 Å². The molecule has 1 heterocycles. The lowest BCUT2D eigenvalue weighted by Gasteiger charge is -2.21. The predicted octanol–water partition coefficient (Wildman–Crippen LogP) is -0.200. The zero-order valence-electron chi connectivity index (χ0n) is 11.2. The van der Waals surface area contributed by atoms with Crippen LogP contribution in [0.25, 0.3) is 0 Å². The molecule has 1 atom stereocenters. The number of fused-ring (bicyclic) bond motifs is 1. The molecule has 21 heavy (non-hydrogen) atoms. The Kier molecular flexibility index (Phi) is 3.62. The third-order valence-electron chi connectivity index (χ3n) is 2.82. The molecule has 0 saturated carbocycles. The lowest BCUT2D eigenvalue weighted by Crippen LogP contribution is -2.35. The number of carboxylic acids is 1. The summed E-state index contributed by atoms with van der Waals surface area (Å²) in [7, 11) is -8.23. The van der Waals surface area contributed by atoms with Crippen LogP contribution in [0.2, 0.25) is 0 Å². The van der Waals surface area contributed by atoms with Gasteiger partial charge in [-0.25, -0.2) is 21.6 Å². The minimum Gasteiger partial charge on any atom is -0.478 e. The smallest absolute Gasteiger partial charge is 0.345 e. The normalized spacial score (nSPS) is 17.9. The second-order valence-corrected chi connectivity index (χ2v) is 8.53. The molecular formula is C11H13NO7S2. The molecule has 1 aromatic rings. The lowest BCUT2D eigenvalue weighted by molar-refractivity contribution is -0.144. The van der Waals surface area contributed by atoms with Gasteiger partial charge < -0.3 is 9.84 Å². The van der Waals surface area contributed by atoms with Crippen molar-refractivity contribution in [1.82, 2.24) is 0 Å². The molecule has 10 heteroatoms. The van der Waals surface area contributed by atoms with Crippen molar-refractivity contribution in [3.63, 3.8) is 0 Å². The van der Waals surface area contributed by atoms with Gasteiger partial charge in [-0.3, -0.25) is 0 Å². The SMILES string of the molecule is CS(=O)(=O)N(c1cccc2c1OC(C(=O)O)C2)S(C)(=O)=O. The van der Waals surface area contributed by atoms with Crippen LogP contribution in [0.4, 0.5) is 5.69 Å². The first kappa shape index (κ1) is 15.6. The van der Waals surface area contributed by atoms with Crippen LogP contribution in [0.3, 0.4) is 0 Å². The first-order valence-electron chi connectivity index (χ1n) is 5.73. The van der Waals surface area contributed by atoms with Gasteiger partial charge in [0.1, 0.15) is 11.4 Å². The van der Waals surface area contributed by atoms with Crippen molar-refractivity contribution in [2.24, 2.45) is 0 Å². The number of para-hydroxylation sites is 1. The number of carboxylic acid groups (broad SMARTS) is 1. The van der Waals surface area contributed by atoms with Crippen LogP contribution >= 0.6 is 0 Å². The number of aliphatic carboxylic acids is 1. The maximum absolute atomic E-state index is 11.8. The third-order valence-corrected chi connectivity index (χ3v) is 6.04. The van der Waals surface area contributed by atoms with Gasteiger partial charge in [0.2, 0.25) is 20.0 Å². The van der Waals surface area contributed by atoms with Gasteiger partial charge in [0, 0.05) is 12.0 Å². The second-order valence-electron chi connectivity index (χ2n) is 4.64. The Morgan fingerprint density at radius 3 is 2.29 bits per heavy atom. The summed E-state index contributed by atoms with van der Waals surface area (Å²) in [6.07, 6.45) is 0.371. The Bertz CT molecular complexity index is 766. The molecule has 0 radical (unpaired) electrons. The highest BCUT2D eigenvalue weighted by molar-refractivity contribution is 8.09. The van der Waals surface area contributed by atoms with E-state index < -0.39 is 32.1 Å². The lowest BCUT2D eigenvalue weighted by atomic mass is 10.1. The highest BCUT2D eigenvalue weighted by Gasteiger charge is 2.36. The number of hydrogen-bond acceptors (Lipinski definition) is 6. The molecule has 0 aliphatic carbocycles. The molecule has 0 fully saturated rings. The van der Waals surface area contributed by atoms with E-state index in [0.29, 0.717) is 5.56 Å². The molecule has 1 unspecified atom stereocenters. The van der Waals surface area contributed by atoms with Gasteiger partial charge in [0.15, 0.2) is 6.10 Å². The Labute approximate surface area is 122 Å². The zero-order chi connectivity index (χ0) is 16.0. The van der Waals surface area contributed by atoms with E-state index in [1.165, 1.54) is 12.1 Å². The van der Waals surface area contributed by atoms with Gasteiger partial charge >= 0.3 is 5.97 Å². The minimum atomic E-state index is -4.12. The van der Waals surface area contributed by atoms with Crippen molar-refractivity contribution in [2.75, 3.05) is 16.2 Å². The monoisotopic (exact) mass is 335 g/mol. The van der Waals surface area contributed by atoms with E-state index in [9.17, 15) is 21.6 Å². The van der Waals surface area contributed by atoms with Crippen molar-refractivity contribution >= 4 is 31.7 Å². The Morgan fingerprint density at radius 1 is 1.24 bits per heavy atom. The van der Waals surface area contributed by atoms with Crippen LogP contribution in [0.5, 0.6) is 5.75 Å². The van der Waals surface area contributed by atoms with Crippen molar-refractivity contribution in [3.05, 3.63) is 23.8 Å². The quantitative estimate of drug-likeness (QED) is 0.809. The Balaban J connectivity index is 2.63. The fraction of sp³-hybridized carbons (Fsp3) is 0.364. The van der Waals surface area contributed by atoms with E-state index in [1.54, 1.807) is 6.07 Å². The van der Waals surface area contributed by atoms with Crippen LogP contribution in [0, 0.1) is 0 Å². The summed E-state index contributed by atoms with van der Waals surface area (Å²) in [6, 6.07) is 4.26. The van der Waals surface area contributed by atoms with Gasteiger partial charge in [0.25, 0.3) is 0 Å². The fourth-order valence-electron chi connectivity index (χ4n) is 2.14. The molecule has 116 valence electrons. The van der Waals surface area contributed by atoms with Crippen molar-refractivity contribution in [3.8, 4) is 5.75 Å². The molecule has 0 spiro atoms. The van der Waals surface area contributed by atoms with E-state index in [-0.39, 0.29) is 21.6 Å². The average molecular weight is 335 g/mol. The van der Waals surface area contributed by atoms with E-state index >= 15 is 0 Å². The topological polar surface area (TPSA) is 118 Å². The van der Waals surface area contributed by atoms with Gasteiger partial charge in [0.05, 0.1) is 12.5 Å². The van der Waals surface area contributed by atoms with E-state index in [1.807, 2.05) is 0 Å². The summed E-state index contributed by atoms with van der Waals surface area (Å²) in [4.78, 5) is 11.0. The molecule has 1 aliphatic rings. The highest BCUT2D eigenvalue weighted by Crippen LogP contribution is 2.40. The summed E-state index contributed by atoms with van der Waals surface area (Å²) in [5.41, 5.74) is 0.235. The summed E-state index contributed by atoms with van der Waals surface area (Å²) in [5.74, 6) is -1.25. The summed E-state index contributed by atoms with van der Waals surface area (Å²) < 4.78 is 52.5. The van der Waals surface area contributed by atoms with Gasteiger partial charge in [-0.2, -0.15) is 3.71 Å². The third kappa shape index (κ3) is 2.95. The summed E-state index contributed by atoms with van der Waals surface area (Å²) in [6.45, 7) is 0. The maximum Gasteiger partial charge on any atom is 0.345 e. The fourth-order valence-corrected chi connectivity index (χ4v) is 5.11. The van der Waals surface area contributed by atoms with Crippen LogP contribution in [-0.4, -0.2) is 46.5 Å². The molecular weight excluding hydrogens is 322 g/mol. The van der Waals surface area contributed by atoms with Crippen molar-refractivity contribution < 1.29 is 31.5 Å². The zero-order valence-corrected chi connectivity index (χ0v) is 12.8. The first-order valence-corrected chi connectivity index (χ1v) is 9.43. The first-order chi connectivity index (χ1) is 9.51. The molecule has 1 aromatic carbocycles. The molecule has 0 bridgehead atoms. The molecule has 8 nitrogen and oxygen atoms in total. The van der Waals surface area contributed by atoms with Gasteiger partial charge in [-0.15, -0.1) is 0 Å². The summed E-state index contributed by atoms with van der Waals surface area (Å²) in [5, 5.41) is 8.96. The average Bonchev–Trinajstić information content (AvgIpc) is 2.69. The van der Waals surface area contributed by atoms with Gasteiger partial charge in [-0.1, -0.05) is 12.1 Å². The van der Waals surface area contributed by atoms with Crippen molar-refractivity contribution in [1.29, 1.82) is 0 Å².